The Morgan fingerprint density at radius 3 is 2.67 bits per heavy atom. The summed E-state index contributed by atoms with van der Waals surface area (Å²) in [5, 5.41) is 9.58. The molecule has 0 saturated heterocycles. The number of rotatable bonds is 1. The third-order valence-corrected chi connectivity index (χ3v) is 2.07. The molecule has 0 bridgehead atoms. The van der Waals surface area contributed by atoms with Crippen molar-refractivity contribution in [2.75, 3.05) is 5.73 Å². The number of nitrogen functional groups attached to an aromatic ring is 1. The van der Waals surface area contributed by atoms with Gasteiger partial charge in [-0.25, -0.2) is 4.39 Å². The fourth-order valence-corrected chi connectivity index (χ4v) is 1.39. The van der Waals surface area contributed by atoms with Crippen LogP contribution in [0.4, 0.5) is 10.1 Å². The van der Waals surface area contributed by atoms with E-state index in [1.807, 2.05) is 0 Å². The van der Waals surface area contributed by atoms with Crippen LogP contribution in [0.25, 0.3) is 11.3 Å². The van der Waals surface area contributed by atoms with Crippen molar-refractivity contribution in [1.29, 1.82) is 0 Å². The zero-order valence-corrected chi connectivity index (χ0v) is 7.81. The summed E-state index contributed by atoms with van der Waals surface area (Å²) in [4.78, 5) is 3.86. The molecule has 0 aliphatic rings. The average molecular weight is 204 g/mol. The summed E-state index contributed by atoms with van der Waals surface area (Å²) >= 11 is 0. The predicted molar refractivity (Wildman–Crippen MR) is 55.7 cm³/mol. The van der Waals surface area contributed by atoms with E-state index >= 15 is 0 Å². The Hall–Kier alpha value is -2.10. The summed E-state index contributed by atoms with van der Waals surface area (Å²) < 4.78 is 13.4. The molecule has 1 heterocycles. The molecule has 0 aliphatic carbocycles. The lowest BCUT2D eigenvalue weighted by Crippen LogP contribution is -1.94. The number of phenols is 1. The molecular formula is C11H9FN2O. The van der Waals surface area contributed by atoms with Gasteiger partial charge in [0, 0.05) is 11.9 Å². The number of hydrogen-bond acceptors (Lipinski definition) is 3. The van der Waals surface area contributed by atoms with Crippen LogP contribution in [0.15, 0.2) is 36.5 Å². The van der Waals surface area contributed by atoms with E-state index < -0.39 is 5.82 Å². The van der Waals surface area contributed by atoms with Gasteiger partial charge in [-0.15, -0.1) is 0 Å². The fraction of sp³-hybridized carbons (Fsp3) is 0. The van der Waals surface area contributed by atoms with E-state index in [0.29, 0.717) is 5.69 Å². The first-order valence-corrected chi connectivity index (χ1v) is 4.38. The van der Waals surface area contributed by atoms with Crippen LogP contribution in [-0.4, -0.2) is 10.1 Å². The summed E-state index contributed by atoms with van der Waals surface area (Å²) in [6.07, 6.45) is 1.45. The van der Waals surface area contributed by atoms with Crippen LogP contribution in [0.3, 0.4) is 0 Å². The third-order valence-electron chi connectivity index (χ3n) is 2.07. The van der Waals surface area contributed by atoms with Crippen LogP contribution in [-0.2, 0) is 0 Å². The zero-order valence-electron chi connectivity index (χ0n) is 7.81. The summed E-state index contributed by atoms with van der Waals surface area (Å²) in [6.45, 7) is 0. The van der Waals surface area contributed by atoms with Gasteiger partial charge in [-0.05, 0) is 24.3 Å². The molecule has 1 aromatic carbocycles. The highest BCUT2D eigenvalue weighted by atomic mass is 19.1. The Kier molecular flexibility index (Phi) is 2.25. The molecule has 0 saturated carbocycles. The molecule has 0 atom stereocenters. The molecule has 0 fully saturated rings. The molecule has 4 heteroatoms. The Bertz CT molecular complexity index is 479. The first-order chi connectivity index (χ1) is 7.20. The standard InChI is InChI=1S/C11H9FN2O/c12-7-3-2-6-14-11(7)10-8(13)4-1-5-9(10)15/h1-6,15H,13H2. The number of anilines is 1. The van der Waals surface area contributed by atoms with Crippen LogP contribution < -0.4 is 5.73 Å². The number of aromatic hydroxyl groups is 1. The topological polar surface area (TPSA) is 59.1 Å². The molecule has 0 radical (unpaired) electrons. The number of hydrogen-bond donors (Lipinski definition) is 2. The average Bonchev–Trinajstić information content (AvgIpc) is 2.20. The summed E-state index contributed by atoms with van der Waals surface area (Å²) in [7, 11) is 0. The van der Waals surface area contributed by atoms with Crippen LogP contribution >= 0.6 is 0 Å². The second-order valence-electron chi connectivity index (χ2n) is 3.08. The number of pyridine rings is 1. The van der Waals surface area contributed by atoms with E-state index in [9.17, 15) is 9.50 Å². The van der Waals surface area contributed by atoms with Crippen molar-refractivity contribution < 1.29 is 9.50 Å². The van der Waals surface area contributed by atoms with Crippen LogP contribution in [0.2, 0.25) is 0 Å². The van der Waals surface area contributed by atoms with Gasteiger partial charge < -0.3 is 10.8 Å². The van der Waals surface area contributed by atoms with Gasteiger partial charge in [-0.3, -0.25) is 4.98 Å². The SMILES string of the molecule is Nc1cccc(O)c1-c1ncccc1F. The van der Waals surface area contributed by atoms with Gasteiger partial charge in [0.05, 0.1) is 5.56 Å². The van der Waals surface area contributed by atoms with Crippen molar-refractivity contribution in [2.24, 2.45) is 0 Å². The van der Waals surface area contributed by atoms with E-state index in [0.717, 1.165) is 0 Å². The summed E-state index contributed by atoms with van der Waals surface area (Å²) in [5.74, 6) is -0.585. The number of benzene rings is 1. The number of nitrogens with zero attached hydrogens (tertiary/aromatic N) is 1. The lowest BCUT2D eigenvalue weighted by Gasteiger charge is -2.07. The minimum absolute atomic E-state index is 0.0631. The van der Waals surface area contributed by atoms with Gasteiger partial charge in [0.15, 0.2) is 0 Å². The van der Waals surface area contributed by atoms with Gasteiger partial charge in [0.25, 0.3) is 0 Å². The van der Waals surface area contributed by atoms with E-state index in [-0.39, 0.29) is 17.0 Å². The number of halogens is 1. The third kappa shape index (κ3) is 1.61. The summed E-state index contributed by atoms with van der Waals surface area (Å²) in [5.41, 5.74) is 6.25. The maximum atomic E-state index is 13.4. The smallest absolute Gasteiger partial charge is 0.149 e. The van der Waals surface area contributed by atoms with Gasteiger partial charge in [0.2, 0.25) is 0 Å². The highest BCUT2D eigenvalue weighted by Crippen LogP contribution is 2.33. The van der Waals surface area contributed by atoms with Crippen molar-refractivity contribution in [2.45, 2.75) is 0 Å². The van der Waals surface area contributed by atoms with Crippen LogP contribution in [0, 0.1) is 5.82 Å². The first kappa shape index (κ1) is 9.45. The Labute approximate surface area is 86.0 Å². The minimum Gasteiger partial charge on any atom is -0.507 e. The molecule has 1 aromatic heterocycles. The Balaban J connectivity index is 2.69. The molecule has 2 rings (SSSR count). The quantitative estimate of drug-likeness (QED) is 0.700. The molecule has 15 heavy (non-hydrogen) atoms. The van der Waals surface area contributed by atoms with Crippen molar-refractivity contribution in [3.05, 3.63) is 42.3 Å². The molecule has 0 unspecified atom stereocenters. The predicted octanol–water partition coefficient (Wildman–Crippen LogP) is 2.18. The molecule has 3 N–H and O–H groups in total. The Morgan fingerprint density at radius 1 is 1.20 bits per heavy atom. The Morgan fingerprint density at radius 2 is 2.00 bits per heavy atom. The molecule has 3 nitrogen and oxygen atoms in total. The van der Waals surface area contributed by atoms with Crippen LogP contribution in [0.1, 0.15) is 0 Å². The van der Waals surface area contributed by atoms with Crippen molar-refractivity contribution in [3.8, 4) is 17.0 Å². The van der Waals surface area contributed by atoms with Crippen molar-refractivity contribution in [1.82, 2.24) is 4.98 Å². The normalized spacial score (nSPS) is 10.2. The van der Waals surface area contributed by atoms with E-state index in [1.165, 1.54) is 24.4 Å². The second-order valence-corrected chi connectivity index (χ2v) is 3.08. The molecular weight excluding hydrogens is 195 g/mol. The molecule has 0 spiro atoms. The van der Waals surface area contributed by atoms with Gasteiger partial charge in [0.1, 0.15) is 17.3 Å². The lowest BCUT2D eigenvalue weighted by atomic mass is 10.1. The first-order valence-electron chi connectivity index (χ1n) is 4.38. The van der Waals surface area contributed by atoms with Crippen molar-refractivity contribution >= 4 is 5.69 Å². The largest absolute Gasteiger partial charge is 0.507 e. The second kappa shape index (κ2) is 3.57. The maximum absolute atomic E-state index is 13.4. The lowest BCUT2D eigenvalue weighted by molar-refractivity contribution is 0.476. The number of aromatic nitrogens is 1. The van der Waals surface area contributed by atoms with Gasteiger partial charge in [-0.2, -0.15) is 0 Å². The van der Waals surface area contributed by atoms with Crippen molar-refractivity contribution in [3.63, 3.8) is 0 Å². The fourth-order valence-electron chi connectivity index (χ4n) is 1.39. The van der Waals surface area contributed by atoms with Gasteiger partial charge in [-0.1, -0.05) is 6.07 Å². The molecule has 76 valence electrons. The molecule has 2 aromatic rings. The van der Waals surface area contributed by atoms with Crippen LogP contribution in [0.5, 0.6) is 5.75 Å². The maximum Gasteiger partial charge on any atom is 0.149 e. The summed E-state index contributed by atoms with van der Waals surface area (Å²) in [6, 6.07) is 7.38. The number of nitrogens with two attached hydrogens (primary N) is 1. The molecule has 0 aliphatic heterocycles. The minimum atomic E-state index is -0.509. The highest BCUT2D eigenvalue weighted by molar-refractivity contribution is 5.79. The number of phenolic OH excluding ortho intramolecular Hbond substituents is 1. The zero-order chi connectivity index (χ0) is 10.8. The highest BCUT2D eigenvalue weighted by Gasteiger charge is 2.13. The monoisotopic (exact) mass is 204 g/mol. The van der Waals surface area contributed by atoms with E-state index in [2.05, 4.69) is 4.98 Å². The molecule has 0 amide bonds. The van der Waals surface area contributed by atoms with E-state index in [1.54, 1.807) is 12.1 Å². The van der Waals surface area contributed by atoms with Gasteiger partial charge >= 0.3 is 0 Å². The van der Waals surface area contributed by atoms with E-state index in [4.69, 9.17) is 5.73 Å².